The van der Waals surface area contributed by atoms with Crippen molar-refractivity contribution in [3.8, 4) is 0 Å². The minimum absolute atomic E-state index is 0.0600. The van der Waals surface area contributed by atoms with Gasteiger partial charge in [0.05, 0.1) is 0 Å². The molecule has 0 aliphatic heterocycles. The van der Waals surface area contributed by atoms with Gasteiger partial charge in [-0.3, -0.25) is 4.79 Å². The zero-order valence-corrected chi connectivity index (χ0v) is 11.5. The summed E-state index contributed by atoms with van der Waals surface area (Å²) in [5, 5.41) is 2.83. The highest BCUT2D eigenvalue weighted by atomic mass is 32.2. The van der Waals surface area contributed by atoms with E-state index in [0.29, 0.717) is 12.5 Å². The van der Waals surface area contributed by atoms with E-state index in [0.717, 1.165) is 5.56 Å². The first-order valence-corrected chi connectivity index (χ1v) is 7.62. The van der Waals surface area contributed by atoms with Crippen molar-refractivity contribution in [2.24, 2.45) is 11.7 Å². The van der Waals surface area contributed by atoms with E-state index >= 15 is 0 Å². The third-order valence-corrected chi connectivity index (χ3v) is 4.27. The number of nitrogens with one attached hydrogen (secondary N) is 1. The molecule has 0 radical (unpaired) electrons. The molecule has 0 bridgehead atoms. The molecule has 1 saturated carbocycles. The number of amides is 1. The van der Waals surface area contributed by atoms with Gasteiger partial charge in [0.15, 0.2) is 0 Å². The van der Waals surface area contributed by atoms with Crippen molar-refractivity contribution in [2.75, 3.05) is 12.8 Å². The van der Waals surface area contributed by atoms with Gasteiger partial charge in [0, 0.05) is 12.6 Å². The zero-order chi connectivity index (χ0) is 13.0. The molecule has 3 N–H and O–H groups in total. The van der Waals surface area contributed by atoms with Crippen LogP contribution in [-0.2, 0) is 4.79 Å². The van der Waals surface area contributed by atoms with E-state index in [2.05, 4.69) is 5.32 Å². The second-order valence-corrected chi connectivity index (χ2v) is 5.72. The normalized spacial score (nSPS) is 18.1. The minimum Gasteiger partial charge on any atom is -0.353 e. The lowest BCUT2D eigenvalue weighted by Crippen LogP contribution is -2.40. The molecule has 0 spiro atoms. The minimum atomic E-state index is -0.141. The van der Waals surface area contributed by atoms with Gasteiger partial charge in [-0.25, -0.2) is 0 Å². The molecule has 1 aromatic carbocycles. The van der Waals surface area contributed by atoms with Crippen LogP contribution in [0.15, 0.2) is 30.3 Å². The topological polar surface area (TPSA) is 55.1 Å². The van der Waals surface area contributed by atoms with Crippen LogP contribution in [0.25, 0.3) is 0 Å². The highest BCUT2D eigenvalue weighted by Crippen LogP contribution is 2.31. The van der Waals surface area contributed by atoms with Gasteiger partial charge in [0.1, 0.15) is 5.25 Å². The molecule has 1 fully saturated rings. The summed E-state index contributed by atoms with van der Waals surface area (Å²) in [6, 6.07) is 9.97. The Hall–Kier alpha value is -1.00. The number of hydrogen-bond acceptors (Lipinski definition) is 3. The van der Waals surface area contributed by atoms with Crippen molar-refractivity contribution in [3.05, 3.63) is 35.9 Å². The van der Waals surface area contributed by atoms with Crippen molar-refractivity contribution >= 4 is 17.7 Å². The third-order valence-electron chi connectivity index (χ3n) is 3.32. The van der Waals surface area contributed by atoms with E-state index in [1.807, 2.05) is 36.6 Å². The lowest BCUT2D eigenvalue weighted by Gasteiger charge is -2.17. The maximum atomic E-state index is 12.1. The predicted octanol–water partition coefficient (Wildman–Crippen LogP) is 1.94. The Balaban J connectivity index is 1.89. The predicted molar refractivity (Wildman–Crippen MR) is 76.4 cm³/mol. The van der Waals surface area contributed by atoms with Crippen molar-refractivity contribution in [3.63, 3.8) is 0 Å². The summed E-state index contributed by atoms with van der Waals surface area (Å²) in [5.74, 6) is 0.680. The van der Waals surface area contributed by atoms with Crippen molar-refractivity contribution in [1.29, 1.82) is 0 Å². The van der Waals surface area contributed by atoms with Gasteiger partial charge in [-0.2, -0.15) is 0 Å². The first-order valence-electron chi connectivity index (χ1n) is 6.33. The molecule has 0 heterocycles. The summed E-state index contributed by atoms with van der Waals surface area (Å²) in [5.41, 5.74) is 7.03. The van der Waals surface area contributed by atoms with Crippen LogP contribution < -0.4 is 11.1 Å². The molecule has 2 atom stereocenters. The molecule has 3 nitrogen and oxygen atoms in total. The largest absolute Gasteiger partial charge is 0.353 e. The van der Waals surface area contributed by atoms with Crippen LogP contribution in [0.5, 0.6) is 0 Å². The Kier molecular flexibility index (Phi) is 4.66. The molecule has 1 aromatic rings. The molecule has 2 rings (SSSR count). The molecule has 1 aliphatic rings. The summed E-state index contributed by atoms with van der Waals surface area (Å²) in [4.78, 5) is 12.1. The van der Waals surface area contributed by atoms with Crippen LogP contribution in [0, 0.1) is 5.92 Å². The number of nitrogens with two attached hydrogens (primary N) is 1. The quantitative estimate of drug-likeness (QED) is 0.825. The van der Waals surface area contributed by atoms with Gasteiger partial charge in [-0.15, -0.1) is 11.8 Å². The number of rotatable bonds is 6. The molecular weight excluding hydrogens is 244 g/mol. The lowest BCUT2D eigenvalue weighted by atomic mass is 10.1. The number of benzene rings is 1. The monoisotopic (exact) mass is 264 g/mol. The van der Waals surface area contributed by atoms with Gasteiger partial charge in [0.2, 0.25) is 5.91 Å². The van der Waals surface area contributed by atoms with Gasteiger partial charge in [-0.05, 0) is 30.6 Å². The van der Waals surface area contributed by atoms with Crippen molar-refractivity contribution in [2.45, 2.75) is 24.1 Å². The van der Waals surface area contributed by atoms with Gasteiger partial charge >= 0.3 is 0 Å². The first-order chi connectivity index (χ1) is 8.72. The Morgan fingerprint density at radius 1 is 1.44 bits per heavy atom. The fourth-order valence-corrected chi connectivity index (χ4v) is 2.75. The maximum absolute atomic E-state index is 12.1. The molecule has 18 heavy (non-hydrogen) atoms. The average molecular weight is 264 g/mol. The van der Waals surface area contributed by atoms with Crippen molar-refractivity contribution < 1.29 is 4.79 Å². The fourth-order valence-electron chi connectivity index (χ4n) is 2.02. The Morgan fingerprint density at radius 2 is 2.11 bits per heavy atom. The first kappa shape index (κ1) is 13.4. The van der Waals surface area contributed by atoms with Gasteiger partial charge in [0.25, 0.3) is 0 Å². The summed E-state index contributed by atoms with van der Waals surface area (Å²) < 4.78 is 0. The number of carbonyl (C=O) groups excluding carboxylic acids is 1. The zero-order valence-electron chi connectivity index (χ0n) is 10.6. The van der Waals surface area contributed by atoms with E-state index in [-0.39, 0.29) is 17.2 Å². The molecule has 1 amide bonds. The highest BCUT2D eigenvalue weighted by Gasteiger charge is 2.29. The van der Waals surface area contributed by atoms with Crippen LogP contribution >= 0.6 is 11.8 Å². The van der Waals surface area contributed by atoms with Gasteiger partial charge < -0.3 is 11.1 Å². The second-order valence-electron chi connectivity index (χ2n) is 4.77. The number of carbonyl (C=O) groups is 1. The molecule has 0 saturated heterocycles. The maximum Gasteiger partial charge on any atom is 0.237 e. The summed E-state index contributed by atoms with van der Waals surface area (Å²) >= 11 is 1.55. The number of hydrogen-bond donors (Lipinski definition) is 2. The van der Waals surface area contributed by atoms with Crippen LogP contribution in [0.3, 0.4) is 0 Å². The van der Waals surface area contributed by atoms with Crippen LogP contribution in [0.4, 0.5) is 0 Å². The average Bonchev–Trinajstić information content (AvgIpc) is 3.22. The Bertz CT molecular complexity index is 392. The smallest absolute Gasteiger partial charge is 0.237 e. The molecule has 2 unspecified atom stereocenters. The van der Waals surface area contributed by atoms with Crippen LogP contribution in [0.1, 0.15) is 23.7 Å². The van der Waals surface area contributed by atoms with E-state index in [1.165, 1.54) is 12.8 Å². The highest BCUT2D eigenvalue weighted by molar-refractivity contribution is 7.99. The Labute approximate surface area is 113 Å². The van der Waals surface area contributed by atoms with E-state index < -0.39 is 0 Å². The van der Waals surface area contributed by atoms with E-state index in [1.54, 1.807) is 11.8 Å². The fraction of sp³-hybridized carbons (Fsp3) is 0.500. The molecule has 98 valence electrons. The summed E-state index contributed by atoms with van der Waals surface area (Å²) in [6.07, 6.45) is 4.38. The number of thioether (sulfide) groups is 1. The molecular formula is C14H20N2OS. The summed E-state index contributed by atoms with van der Waals surface area (Å²) in [6.45, 7) is 0.591. The SMILES string of the molecule is CSC(C(=O)NCC(N)C1CC1)c1ccccc1. The lowest BCUT2D eigenvalue weighted by molar-refractivity contribution is -0.120. The molecule has 4 heteroatoms. The van der Waals surface area contributed by atoms with Crippen LogP contribution in [-0.4, -0.2) is 24.7 Å². The Morgan fingerprint density at radius 3 is 2.67 bits per heavy atom. The van der Waals surface area contributed by atoms with E-state index in [4.69, 9.17) is 5.73 Å². The summed E-state index contributed by atoms with van der Waals surface area (Å²) in [7, 11) is 0. The third kappa shape index (κ3) is 3.50. The van der Waals surface area contributed by atoms with Crippen molar-refractivity contribution in [1.82, 2.24) is 5.32 Å². The second kappa shape index (κ2) is 6.25. The van der Waals surface area contributed by atoms with Gasteiger partial charge in [-0.1, -0.05) is 30.3 Å². The molecule has 1 aliphatic carbocycles. The van der Waals surface area contributed by atoms with E-state index in [9.17, 15) is 4.79 Å². The van der Waals surface area contributed by atoms with Crippen LogP contribution in [0.2, 0.25) is 0 Å². The molecule has 0 aromatic heterocycles. The standard InChI is InChI=1S/C14H20N2OS/c1-18-13(11-5-3-2-4-6-11)14(17)16-9-12(15)10-7-8-10/h2-6,10,12-13H,7-9,15H2,1H3,(H,16,17).